The van der Waals surface area contributed by atoms with E-state index >= 15 is 0 Å². The smallest absolute Gasteiger partial charge is 0.151 e. The van der Waals surface area contributed by atoms with Crippen LogP contribution in [0.15, 0.2) is 10.6 Å². The maximum atomic E-state index is 5.53. The number of nitrogens with zero attached hydrogens (tertiary/aromatic N) is 2. The van der Waals surface area contributed by atoms with E-state index in [4.69, 9.17) is 9.26 Å². The molecular formula is C14H25N3O2. The summed E-state index contributed by atoms with van der Waals surface area (Å²) in [4.78, 5) is 2.34. The number of hydrogen-bond donors (Lipinski definition) is 1. The number of morpholine rings is 1. The average molecular weight is 267 g/mol. The standard InChI is InChI=1S/C14H25N3O2/c1-11-9-17(5-6-18-11)10-13-7-12(16-19-13)8-15-14(2,3)4/h7,11,15H,5-6,8-10H2,1-4H3. The summed E-state index contributed by atoms with van der Waals surface area (Å²) >= 11 is 0. The lowest BCUT2D eigenvalue weighted by molar-refractivity contribution is -0.0235. The molecule has 19 heavy (non-hydrogen) atoms. The SMILES string of the molecule is CC1CN(Cc2cc(CNC(C)(C)C)no2)CCO1. The number of aromatic nitrogens is 1. The van der Waals surface area contributed by atoms with Crippen LogP contribution in [0.4, 0.5) is 0 Å². The van der Waals surface area contributed by atoms with Crippen molar-refractivity contribution in [3.63, 3.8) is 0 Å². The quantitative estimate of drug-likeness (QED) is 0.901. The Morgan fingerprint density at radius 2 is 2.26 bits per heavy atom. The Hall–Kier alpha value is -0.910. The first-order valence-electron chi connectivity index (χ1n) is 6.96. The predicted molar refractivity (Wildman–Crippen MR) is 73.8 cm³/mol. The monoisotopic (exact) mass is 267 g/mol. The Morgan fingerprint density at radius 1 is 1.47 bits per heavy atom. The van der Waals surface area contributed by atoms with E-state index in [0.29, 0.717) is 6.10 Å². The number of ether oxygens (including phenoxy) is 1. The largest absolute Gasteiger partial charge is 0.376 e. The predicted octanol–water partition coefficient (Wildman–Crippen LogP) is 1.78. The molecule has 1 unspecified atom stereocenters. The summed E-state index contributed by atoms with van der Waals surface area (Å²) in [6.45, 7) is 12.8. The van der Waals surface area contributed by atoms with Crippen molar-refractivity contribution in [2.24, 2.45) is 0 Å². The number of hydrogen-bond acceptors (Lipinski definition) is 5. The molecule has 0 aromatic carbocycles. The van der Waals surface area contributed by atoms with Gasteiger partial charge in [0.25, 0.3) is 0 Å². The Kier molecular flexibility index (Phi) is 4.60. The number of rotatable bonds is 4. The normalized spacial score (nSPS) is 21.8. The molecule has 1 saturated heterocycles. The van der Waals surface area contributed by atoms with E-state index in [2.05, 4.69) is 43.1 Å². The van der Waals surface area contributed by atoms with E-state index in [0.717, 1.165) is 44.2 Å². The Balaban J connectivity index is 1.83. The lowest BCUT2D eigenvalue weighted by Gasteiger charge is -2.30. The first-order valence-corrected chi connectivity index (χ1v) is 6.96. The molecule has 1 fully saturated rings. The van der Waals surface area contributed by atoms with Crippen molar-refractivity contribution in [1.29, 1.82) is 0 Å². The molecule has 5 nitrogen and oxygen atoms in total. The second-order valence-corrected chi connectivity index (χ2v) is 6.30. The van der Waals surface area contributed by atoms with E-state index in [-0.39, 0.29) is 5.54 Å². The van der Waals surface area contributed by atoms with Crippen LogP contribution in [0.3, 0.4) is 0 Å². The van der Waals surface area contributed by atoms with Crippen LogP contribution >= 0.6 is 0 Å². The topological polar surface area (TPSA) is 50.5 Å². The molecule has 1 aliphatic heterocycles. The first kappa shape index (κ1) is 14.5. The second kappa shape index (κ2) is 6.03. The Bertz CT molecular complexity index is 398. The van der Waals surface area contributed by atoms with Gasteiger partial charge in [0.05, 0.1) is 24.9 Å². The fourth-order valence-corrected chi connectivity index (χ4v) is 2.12. The van der Waals surface area contributed by atoms with E-state index in [1.165, 1.54) is 0 Å². The third-order valence-corrected chi connectivity index (χ3v) is 3.11. The van der Waals surface area contributed by atoms with Gasteiger partial charge in [0, 0.05) is 31.2 Å². The fourth-order valence-electron chi connectivity index (χ4n) is 2.12. The van der Waals surface area contributed by atoms with Crippen LogP contribution in [-0.2, 0) is 17.8 Å². The van der Waals surface area contributed by atoms with E-state index in [9.17, 15) is 0 Å². The van der Waals surface area contributed by atoms with Gasteiger partial charge in [-0.15, -0.1) is 0 Å². The van der Waals surface area contributed by atoms with Crippen molar-refractivity contribution in [3.05, 3.63) is 17.5 Å². The fraction of sp³-hybridized carbons (Fsp3) is 0.786. The third kappa shape index (κ3) is 4.93. The Labute approximate surface area is 115 Å². The first-order chi connectivity index (χ1) is 8.92. The van der Waals surface area contributed by atoms with Crippen molar-refractivity contribution in [1.82, 2.24) is 15.4 Å². The highest BCUT2D eigenvalue weighted by Gasteiger charge is 2.18. The second-order valence-electron chi connectivity index (χ2n) is 6.30. The van der Waals surface area contributed by atoms with Crippen molar-refractivity contribution in [2.75, 3.05) is 19.7 Å². The van der Waals surface area contributed by atoms with Crippen LogP contribution in [0.1, 0.15) is 39.1 Å². The minimum absolute atomic E-state index is 0.0960. The molecule has 1 aromatic heterocycles. The van der Waals surface area contributed by atoms with Crippen LogP contribution in [0.5, 0.6) is 0 Å². The summed E-state index contributed by atoms with van der Waals surface area (Å²) in [6.07, 6.45) is 0.304. The maximum Gasteiger partial charge on any atom is 0.151 e. The van der Waals surface area contributed by atoms with E-state index in [1.54, 1.807) is 0 Å². The van der Waals surface area contributed by atoms with E-state index < -0.39 is 0 Å². The average Bonchev–Trinajstić information content (AvgIpc) is 2.73. The summed E-state index contributed by atoms with van der Waals surface area (Å²) < 4.78 is 10.9. The minimum atomic E-state index is 0.0960. The minimum Gasteiger partial charge on any atom is -0.376 e. The molecule has 5 heteroatoms. The van der Waals surface area contributed by atoms with Gasteiger partial charge < -0.3 is 14.6 Å². The van der Waals surface area contributed by atoms with Crippen LogP contribution in [0.2, 0.25) is 0 Å². The van der Waals surface area contributed by atoms with E-state index in [1.807, 2.05) is 6.07 Å². The highest BCUT2D eigenvalue weighted by Crippen LogP contribution is 2.12. The molecule has 1 aromatic rings. The molecule has 0 radical (unpaired) electrons. The summed E-state index contributed by atoms with van der Waals surface area (Å²) in [6, 6.07) is 2.04. The van der Waals surface area contributed by atoms with Crippen LogP contribution in [0.25, 0.3) is 0 Å². The highest BCUT2D eigenvalue weighted by molar-refractivity contribution is 5.05. The molecule has 0 bridgehead atoms. The molecule has 0 amide bonds. The zero-order valence-corrected chi connectivity index (χ0v) is 12.4. The molecule has 1 N–H and O–H groups in total. The van der Waals surface area contributed by atoms with Crippen LogP contribution < -0.4 is 5.32 Å². The van der Waals surface area contributed by atoms with Crippen molar-refractivity contribution in [2.45, 2.75) is 52.4 Å². The van der Waals surface area contributed by atoms with Gasteiger partial charge in [0.15, 0.2) is 5.76 Å². The number of nitrogens with one attached hydrogen (secondary N) is 1. The van der Waals surface area contributed by atoms with Gasteiger partial charge in [-0.05, 0) is 27.7 Å². The molecule has 108 valence electrons. The van der Waals surface area contributed by atoms with Crippen LogP contribution in [0, 0.1) is 0 Å². The van der Waals surface area contributed by atoms with Gasteiger partial charge in [-0.2, -0.15) is 0 Å². The molecule has 0 spiro atoms. The van der Waals surface area contributed by atoms with Crippen LogP contribution in [-0.4, -0.2) is 41.4 Å². The molecule has 2 rings (SSSR count). The van der Waals surface area contributed by atoms with Crippen molar-refractivity contribution in [3.8, 4) is 0 Å². The molecular weight excluding hydrogens is 242 g/mol. The van der Waals surface area contributed by atoms with Gasteiger partial charge in [0.1, 0.15) is 0 Å². The lowest BCUT2D eigenvalue weighted by Crippen LogP contribution is -2.40. The molecule has 0 aliphatic carbocycles. The summed E-state index contributed by atoms with van der Waals surface area (Å²) in [7, 11) is 0. The van der Waals surface area contributed by atoms with Crippen molar-refractivity contribution < 1.29 is 9.26 Å². The Morgan fingerprint density at radius 3 is 2.95 bits per heavy atom. The molecule has 1 aliphatic rings. The van der Waals surface area contributed by atoms with Crippen molar-refractivity contribution >= 4 is 0 Å². The van der Waals surface area contributed by atoms with Gasteiger partial charge in [-0.25, -0.2) is 0 Å². The maximum absolute atomic E-state index is 5.53. The van der Waals surface area contributed by atoms with Gasteiger partial charge in [0.2, 0.25) is 0 Å². The van der Waals surface area contributed by atoms with Gasteiger partial charge >= 0.3 is 0 Å². The molecule has 0 saturated carbocycles. The lowest BCUT2D eigenvalue weighted by atomic mass is 10.1. The summed E-state index contributed by atoms with van der Waals surface area (Å²) in [5.74, 6) is 0.930. The highest BCUT2D eigenvalue weighted by atomic mass is 16.5. The summed E-state index contributed by atoms with van der Waals surface area (Å²) in [5.41, 5.74) is 1.06. The summed E-state index contributed by atoms with van der Waals surface area (Å²) in [5, 5.41) is 7.51. The molecule has 1 atom stereocenters. The molecule has 2 heterocycles. The van der Waals surface area contributed by atoms with Gasteiger partial charge in [-0.1, -0.05) is 5.16 Å². The zero-order chi connectivity index (χ0) is 13.9. The zero-order valence-electron chi connectivity index (χ0n) is 12.4. The van der Waals surface area contributed by atoms with Gasteiger partial charge in [-0.3, -0.25) is 4.90 Å². The third-order valence-electron chi connectivity index (χ3n) is 3.11.